The summed E-state index contributed by atoms with van der Waals surface area (Å²) in [5, 5.41) is 7.05. The fourth-order valence-electron chi connectivity index (χ4n) is 4.79. The number of amides is 1. The number of carbonyl (C=O) groups is 2. The minimum Gasteiger partial charge on any atom is -0.468 e. The first-order valence-corrected chi connectivity index (χ1v) is 9.42. The molecule has 2 aromatic carbocycles. The number of benzene rings is 2. The summed E-state index contributed by atoms with van der Waals surface area (Å²) in [7, 11) is 1.38. The molecule has 1 saturated heterocycles. The predicted molar refractivity (Wildman–Crippen MR) is 104 cm³/mol. The average Bonchev–Trinajstić information content (AvgIpc) is 3.18. The normalized spacial score (nSPS) is 28.9. The molecule has 0 aromatic heterocycles. The lowest BCUT2D eigenvalue weighted by atomic mass is 9.65. The molecule has 5 nitrogen and oxygen atoms in total. The number of methoxy groups -OCH3 is 1. The van der Waals surface area contributed by atoms with Crippen LogP contribution in [0.25, 0.3) is 0 Å². The van der Waals surface area contributed by atoms with Gasteiger partial charge in [-0.3, -0.25) is 14.9 Å². The summed E-state index contributed by atoms with van der Waals surface area (Å²) in [6.07, 6.45) is 0.651. The zero-order chi connectivity index (χ0) is 19.2. The number of ether oxygens (including phenoxy) is 1. The number of hydrogen-bond acceptors (Lipinski definition) is 4. The van der Waals surface area contributed by atoms with Crippen LogP contribution < -0.4 is 10.6 Å². The van der Waals surface area contributed by atoms with Gasteiger partial charge in [-0.1, -0.05) is 48.9 Å². The summed E-state index contributed by atoms with van der Waals surface area (Å²) < 4.78 is 5.04. The number of carbonyl (C=O) groups excluding carboxylic acids is 2. The second-order valence-electron chi connectivity index (χ2n) is 7.04. The van der Waals surface area contributed by atoms with E-state index in [1.54, 1.807) is 12.1 Å². The smallest absolute Gasteiger partial charge is 0.323 e. The van der Waals surface area contributed by atoms with E-state index >= 15 is 0 Å². The molecule has 27 heavy (non-hydrogen) atoms. The van der Waals surface area contributed by atoms with Crippen molar-refractivity contribution in [1.82, 2.24) is 5.32 Å². The highest BCUT2D eigenvalue weighted by Gasteiger charge is 2.64. The van der Waals surface area contributed by atoms with E-state index in [0.29, 0.717) is 11.4 Å². The lowest BCUT2D eigenvalue weighted by molar-refractivity contribution is -0.144. The molecule has 2 N–H and O–H groups in total. The second-order valence-corrected chi connectivity index (χ2v) is 7.47. The first kappa shape index (κ1) is 18.0. The van der Waals surface area contributed by atoms with Gasteiger partial charge in [0.1, 0.15) is 11.5 Å². The highest BCUT2D eigenvalue weighted by molar-refractivity contribution is 6.30. The molecule has 0 aliphatic carbocycles. The van der Waals surface area contributed by atoms with Crippen molar-refractivity contribution >= 4 is 29.2 Å². The summed E-state index contributed by atoms with van der Waals surface area (Å²) in [6, 6.07) is 14.2. The molecule has 1 amide bonds. The van der Waals surface area contributed by atoms with E-state index < -0.39 is 11.5 Å². The number of anilines is 1. The summed E-state index contributed by atoms with van der Waals surface area (Å²) in [6.45, 7) is 2.00. The van der Waals surface area contributed by atoms with Crippen molar-refractivity contribution in [2.24, 2.45) is 5.92 Å². The van der Waals surface area contributed by atoms with Crippen LogP contribution in [0.3, 0.4) is 0 Å². The van der Waals surface area contributed by atoms with Crippen LogP contribution in [-0.2, 0) is 19.7 Å². The van der Waals surface area contributed by atoms with Crippen molar-refractivity contribution in [3.63, 3.8) is 0 Å². The molecule has 2 aliphatic rings. The number of para-hydroxylation sites is 1. The Morgan fingerprint density at radius 3 is 2.56 bits per heavy atom. The fraction of sp³-hybridized carbons (Fsp3) is 0.333. The third kappa shape index (κ3) is 2.49. The average molecular weight is 385 g/mol. The van der Waals surface area contributed by atoms with Gasteiger partial charge in [0.05, 0.1) is 13.2 Å². The highest BCUT2D eigenvalue weighted by atomic mass is 35.5. The number of rotatable bonds is 3. The molecule has 0 radical (unpaired) electrons. The van der Waals surface area contributed by atoms with Gasteiger partial charge in [0.2, 0.25) is 5.91 Å². The van der Waals surface area contributed by atoms with Crippen molar-refractivity contribution in [3.05, 3.63) is 64.7 Å². The summed E-state index contributed by atoms with van der Waals surface area (Å²) in [5.41, 5.74) is 1.74. The molecule has 6 heteroatoms. The molecular formula is C21H21ClN2O3. The van der Waals surface area contributed by atoms with Gasteiger partial charge in [-0.05, 0) is 35.7 Å². The Labute approximate surface area is 163 Å². The maximum Gasteiger partial charge on any atom is 0.323 e. The molecule has 4 atom stereocenters. The van der Waals surface area contributed by atoms with E-state index in [1.807, 2.05) is 43.3 Å². The Morgan fingerprint density at radius 1 is 1.19 bits per heavy atom. The van der Waals surface area contributed by atoms with E-state index in [0.717, 1.165) is 16.8 Å². The van der Waals surface area contributed by atoms with Gasteiger partial charge < -0.3 is 10.1 Å². The summed E-state index contributed by atoms with van der Waals surface area (Å²) in [4.78, 5) is 25.9. The molecule has 1 spiro atoms. The Bertz CT molecular complexity index is 899. The third-order valence-corrected chi connectivity index (χ3v) is 6.14. The van der Waals surface area contributed by atoms with Gasteiger partial charge >= 0.3 is 5.97 Å². The highest BCUT2D eigenvalue weighted by Crippen LogP contribution is 2.56. The summed E-state index contributed by atoms with van der Waals surface area (Å²) >= 11 is 6.06. The second kappa shape index (κ2) is 6.66. The van der Waals surface area contributed by atoms with Crippen LogP contribution in [0.5, 0.6) is 0 Å². The molecule has 2 aliphatic heterocycles. The Balaban J connectivity index is 1.95. The van der Waals surface area contributed by atoms with Crippen molar-refractivity contribution in [2.75, 3.05) is 12.4 Å². The molecule has 4 rings (SSSR count). The van der Waals surface area contributed by atoms with E-state index in [9.17, 15) is 9.59 Å². The maximum atomic E-state index is 13.4. The van der Waals surface area contributed by atoms with Crippen LogP contribution >= 0.6 is 11.6 Å². The van der Waals surface area contributed by atoms with E-state index in [1.165, 1.54) is 7.11 Å². The minimum atomic E-state index is -0.891. The van der Waals surface area contributed by atoms with Gasteiger partial charge in [0.15, 0.2) is 0 Å². The third-order valence-electron chi connectivity index (χ3n) is 5.88. The lowest BCUT2D eigenvalue weighted by Crippen LogP contribution is -2.45. The topological polar surface area (TPSA) is 67.4 Å². The van der Waals surface area contributed by atoms with Crippen LogP contribution in [0.15, 0.2) is 48.5 Å². The zero-order valence-electron chi connectivity index (χ0n) is 15.2. The number of nitrogens with one attached hydrogen (secondary N) is 2. The molecule has 2 heterocycles. The van der Waals surface area contributed by atoms with E-state index in [-0.39, 0.29) is 23.8 Å². The molecule has 140 valence electrons. The lowest BCUT2D eigenvalue weighted by Gasteiger charge is -2.34. The van der Waals surface area contributed by atoms with Crippen molar-refractivity contribution in [1.29, 1.82) is 0 Å². The first-order valence-electron chi connectivity index (χ1n) is 9.04. The predicted octanol–water partition coefficient (Wildman–Crippen LogP) is 3.44. The van der Waals surface area contributed by atoms with Gasteiger partial charge in [-0.15, -0.1) is 0 Å². The minimum absolute atomic E-state index is 0.0885. The quantitative estimate of drug-likeness (QED) is 0.795. The Kier molecular flexibility index (Phi) is 4.44. The van der Waals surface area contributed by atoms with Crippen LogP contribution in [0, 0.1) is 5.92 Å². The van der Waals surface area contributed by atoms with Crippen LogP contribution in [-0.4, -0.2) is 25.0 Å². The van der Waals surface area contributed by atoms with Crippen LogP contribution in [0.1, 0.15) is 30.5 Å². The van der Waals surface area contributed by atoms with Gasteiger partial charge in [-0.25, -0.2) is 0 Å². The molecule has 0 unspecified atom stereocenters. The standard InChI is InChI=1S/C21H21ClN2O3/c1-3-14-17(19(25)27-2)24-18(12-8-10-13(22)11-9-12)21(14)15-6-4-5-7-16(15)23-20(21)26/h4-11,14,17-18,24H,3H2,1-2H3,(H,23,26)/t14-,17+,18+,21-/m0/s1. The fourth-order valence-corrected chi connectivity index (χ4v) is 4.92. The van der Waals surface area contributed by atoms with Crippen molar-refractivity contribution < 1.29 is 14.3 Å². The Hall–Kier alpha value is -2.37. The number of esters is 1. The molecule has 0 saturated carbocycles. The van der Waals surface area contributed by atoms with Gasteiger partial charge in [0, 0.05) is 16.6 Å². The SMILES string of the molecule is CC[C@H]1[C@H](C(=O)OC)N[C@H](c2ccc(Cl)cc2)[C@]12C(=O)Nc1ccccc12. The van der Waals surface area contributed by atoms with Crippen molar-refractivity contribution in [3.8, 4) is 0 Å². The maximum absolute atomic E-state index is 13.4. The van der Waals surface area contributed by atoms with Crippen LogP contribution in [0.4, 0.5) is 5.69 Å². The van der Waals surface area contributed by atoms with Gasteiger partial charge in [0.25, 0.3) is 0 Å². The summed E-state index contributed by atoms with van der Waals surface area (Å²) in [5.74, 6) is -0.682. The monoisotopic (exact) mass is 384 g/mol. The number of hydrogen-bond donors (Lipinski definition) is 2. The Morgan fingerprint density at radius 2 is 1.89 bits per heavy atom. The van der Waals surface area contributed by atoms with E-state index in [2.05, 4.69) is 10.6 Å². The number of halogens is 1. The zero-order valence-corrected chi connectivity index (χ0v) is 15.9. The molecular weight excluding hydrogens is 364 g/mol. The molecule has 0 bridgehead atoms. The molecule has 2 aromatic rings. The largest absolute Gasteiger partial charge is 0.468 e. The van der Waals surface area contributed by atoms with E-state index in [4.69, 9.17) is 16.3 Å². The molecule has 1 fully saturated rings. The number of fused-ring (bicyclic) bond motifs is 2. The first-order chi connectivity index (χ1) is 13.0. The van der Waals surface area contributed by atoms with Crippen LogP contribution in [0.2, 0.25) is 5.02 Å². The van der Waals surface area contributed by atoms with Crippen molar-refractivity contribution in [2.45, 2.75) is 30.8 Å². The van der Waals surface area contributed by atoms with Gasteiger partial charge in [-0.2, -0.15) is 0 Å².